The summed E-state index contributed by atoms with van der Waals surface area (Å²) >= 11 is 5.68. The summed E-state index contributed by atoms with van der Waals surface area (Å²) in [6.07, 6.45) is 0. The zero-order valence-electron chi connectivity index (χ0n) is 9.76. The van der Waals surface area contributed by atoms with Crippen molar-refractivity contribution in [3.05, 3.63) is 54.1 Å². The average Bonchev–Trinajstić information content (AvgIpc) is 2.53. The number of hydrogen-bond acceptors (Lipinski definition) is 2. The monoisotopic (exact) mass is 272 g/mol. The van der Waals surface area contributed by atoms with E-state index in [1.54, 1.807) is 48.5 Å². The minimum absolute atomic E-state index is 0.261. The minimum Gasteiger partial charge on any atom is -0.320 e. The van der Waals surface area contributed by atoms with Gasteiger partial charge in [0.25, 0.3) is 5.91 Å². The van der Waals surface area contributed by atoms with E-state index >= 15 is 0 Å². The zero-order valence-corrected chi connectivity index (χ0v) is 10.5. The van der Waals surface area contributed by atoms with Gasteiger partial charge in [0.2, 0.25) is 0 Å². The van der Waals surface area contributed by atoms with E-state index in [9.17, 15) is 9.59 Å². The first-order valence-electron chi connectivity index (χ1n) is 5.67. The molecule has 0 fully saturated rings. The highest BCUT2D eigenvalue weighted by atomic mass is 35.5. The predicted octanol–water partition coefficient (Wildman–Crippen LogP) is 3.75. The Kier molecular flexibility index (Phi) is 2.72. The highest BCUT2D eigenvalue weighted by Gasteiger charge is 2.27. The van der Waals surface area contributed by atoms with Crippen LogP contribution in [0.15, 0.2) is 48.5 Å². The van der Waals surface area contributed by atoms with E-state index in [-0.39, 0.29) is 5.91 Å². The van der Waals surface area contributed by atoms with E-state index in [4.69, 9.17) is 11.6 Å². The number of benzene rings is 2. The maximum Gasteiger partial charge on any atom is 0.325 e. The van der Waals surface area contributed by atoms with Crippen molar-refractivity contribution >= 4 is 39.9 Å². The molecule has 94 valence electrons. The van der Waals surface area contributed by atoms with E-state index in [1.165, 1.54) is 4.90 Å². The summed E-state index contributed by atoms with van der Waals surface area (Å²) in [6, 6.07) is 13.9. The molecular formula is C14H9ClN2O2. The lowest BCUT2D eigenvalue weighted by Gasteiger charge is -2.20. The Morgan fingerprint density at radius 3 is 2.37 bits per heavy atom. The summed E-state index contributed by atoms with van der Waals surface area (Å²) in [6.45, 7) is 0. The molecule has 0 saturated heterocycles. The van der Waals surface area contributed by atoms with Crippen LogP contribution >= 0.6 is 11.6 Å². The first-order chi connectivity index (χ1) is 9.18. The van der Waals surface area contributed by atoms with Crippen LogP contribution in [0.1, 0.15) is 10.4 Å². The Bertz CT molecular complexity index is 685. The number of nitrogens with one attached hydrogen (secondary N) is 1. The predicted molar refractivity (Wildman–Crippen MR) is 74.2 cm³/mol. The Labute approximate surface area is 114 Å². The smallest absolute Gasteiger partial charge is 0.320 e. The molecule has 4 nitrogen and oxygen atoms in total. The van der Waals surface area contributed by atoms with E-state index in [2.05, 4.69) is 5.32 Å². The van der Waals surface area contributed by atoms with Gasteiger partial charge in [-0.05, 0) is 35.9 Å². The van der Waals surface area contributed by atoms with Gasteiger partial charge < -0.3 is 5.32 Å². The van der Waals surface area contributed by atoms with Crippen molar-refractivity contribution in [3.8, 4) is 0 Å². The van der Waals surface area contributed by atoms with Crippen molar-refractivity contribution in [3.63, 3.8) is 0 Å². The number of nitrogens with zero attached hydrogens (tertiary/aromatic N) is 1. The number of hydrogen-bond donors (Lipinski definition) is 1. The first kappa shape index (κ1) is 11.7. The molecule has 5 heteroatoms. The Balaban J connectivity index is 2.32. The van der Waals surface area contributed by atoms with Gasteiger partial charge in [-0.3, -0.25) is 14.5 Å². The number of halogens is 1. The van der Waals surface area contributed by atoms with Crippen molar-refractivity contribution < 1.29 is 9.59 Å². The molecular weight excluding hydrogens is 264 g/mol. The molecule has 0 aromatic heterocycles. The fraction of sp³-hybridized carbons (Fsp3) is 0. The minimum atomic E-state index is -0.656. The second kappa shape index (κ2) is 4.40. The van der Waals surface area contributed by atoms with Crippen molar-refractivity contribution in [2.75, 3.05) is 10.2 Å². The van der Waals surface area contributed by atoms with E-state index in [0.717, 1.165) is 0 Å². The number of fused-ring (bicyclic) bond motifs is 2. The van der Waals surface area contributed by atoms with Crippen molar-refractivity contribution in [2.24, 2.45) is 0 Å². The van der Waals surface area contributed by atoms with Crippen molar-refractivity contribution in [2.45, 2.75) is 0 Å². The van der Waals surface area contributed by atoms with Crippen LogP contribution in [0, 0.1) is 0 Å². The van der Waals surface area contributed by atoms with Crippen molar-refractivity contribution in [1.29, 1.82) is 0 Å². The zero-order chi connectivity index (χ0) is 13.4. The van der Waals surface area contributed by atoms with Gasteiger partial charge in [0.1, 0.15) is 0 Å². The number of amides is 2. The molecule has 2 amide bonds. The summed E-state index contributed by atoms with van der Waals surface area (Å²) in [4.78, 5) is 25.2. The first-order valence-corrected chi connectivity index (χ1v) is 6.05. The molecule has 1 aliphatic rings. The standard InChI is InChI=1S/C14H9ClN2O2/c15-14(19)17-11-7-3-1-5-9(11)13(18)16-10-6-2-4-8-12(10)17/h1-8H,(H,16,18). The van der Waals surface area contributed by atoms with Crippen LogP contribution in [0.4, 0.5) is 21.9 Å². The van der Waals surface area contributed by atoms with E-state index < -0.39 is 5.37 Å². The SMILES string of the molecule is O=C1Nc2ccccc2N(C(=O)Cl)c2ccccc21. The lowest BCUT2D eigenvalue weighted by Crippen LogP contribution is -2.20. The molecule has 1 aliphatic heterocycles. The van der Waals surface area contributed by atoms with Crippen LogP contribution < -0.4 is 10.2 Å². The van der Waals surface area contributed by atoms with Gasteiger partial charge in [-0.25, -0.2) is 0 Å². The summed E-state index contributed by atoms with van der Waals surface area (Å²) in [7, 11) is 0. The van der Waals surface area contributed by atoms with Gasteiger partial charge in [0.15, 0.2) is 0 Å². The molecule has 0 radical (unpaired) electrons. The number of anilines is 3. The number of carbonyl (C=O) groups excluding carboxylic acids is 2. The number of carbonyl (C=O) groups is 2. The third-order valence-corrected chi connectivity index (χ3v) is 3.13. The summed E-state index contributed by atoms with van der Waals surface area (Å²) in [5.74, 6) is -0.261. The fourth-order valence-corrected chi connectivity index (χ4v) is 2.33. The normalized spacial score (nSPS) is 13.1. The largest absolute Gasteiger partial charge is 0.325 e. The molecule has 2 aromatic rings. The molecule has 1 N–H and O–H groups in total. The molecule has 3 rings (SSSR count). The molecule has 2 aromatic carbocycles. The lowest BCUT2D eigenvalue weighted by molar-refractivity contribution is 0.102. The molecule has 0 spiro atoms. The Morgan fingerprint density at radius 2 is 1.63 bits per heavy atom. The van der Waals surface area contributed by atoms with E-state index in [0.29, 0.717) is 22.6 Å². The maximum atomic E-state index is 12.1. The second-order valence-corrected chi connectivity index (χ2v) is 4.40. The molecule has 0 saturated carbocycles. The average molecular weight is 273 g/mol. The fourth-order valence-electron chi connectivity index (χ4n) is 2.14. The van der Waals surface area contributed by atoms with Crippen LogP contribution in [0.5, 0.6) is 0 Å². The Morgan fingerprint density at radius 1 is 1.00 bits per heavy atom. The molecule has 19 heavy (non-hydrogen) atoms. The summed E-state index contributed by atoms with van der Waals surface area (Å²) < 4.78 is 0. The summed E-state index contributed by atoms with van der Waals surface area (Å²) in [5.41, 5.74) is 2.00. The van der Waals surface area contributed by atoms with Gasteiger partial charge in [-0.2, -0.15) is 0 Å². The topological polar surface area (TPSA) is 49.4 Å². The van der Waals surface area contributed by atoms with Crippen LogP contribution in [0.25, 0.3) is 0 Å². The van der Waals surface area contributed by atoms with Crippen molar-refractivity contribution in [1.82, 2.24) is 0 Å². The second-order valence-electron chi connectivity index (χ2n) is 4.08. The van der Waals surface area contributed by atoms with Crippen LogP contribution in [0.3, 0.4) is 0 Å². The molecule has 0 atom stereocenters. The Hall–Kier alpha value is -2.33. The third-order valence-electron chi connectivity index (χ3n) is 2.96. The van der Waals surface area contributed by atoms with Gasteiger partial charge in [-0.15, -0.1) is 0 Å². The number of rotatable bonds is 0. The van der Waals surface area contributed by atoms with Crippen LogP contribution in [0.2, 0.25) is 0 Å². The molecule has 1 heterocycles. The van der Waals surface area contributed by atoms with Gasteiger partial charge in [-0.1, -0.05) is 24.3 Å². The highest BCUT2D eigenvalue weighted by Crippen LogP contribution is 2.38. The summed E-state index contributed by atoms with van der Waals surface area (Å²) in [5, 5.41) is 2.12. The molecule has 0 bridgehead atoms. The van der Waals surface area contributed by atoms with Gasteiger partial charge in [0, 0.05) is 0 Å². The maximum absolute atomic E-state index is 12.1. The van der Waals surface area contributed by atoms with E-state index in [1.807, 2.05) is 0 Å². The van der Waals surface area contributed by atoms with Crippen LogP contribution in [-0.2, 0) is 0 Å². The number of para-hydroxylation sites is 3. The third kappa shape index (κ3) is 1.86. The van der Waals surface area contributed by atoms with Gasteiger partial charge in [0.05, 0.1) is 22.6 Å². The van der Waals surface area contributed by atoms with Gasteiger partial charge >= 0.3 is 5.37 Å². The molecule has 0 aliphatic carbocycles. The molecule has 0 unspecified atom stereocenters. The highest BCUT2D eigenvalue weighted by molar-refractivity contribution is 6.67. The quantitative estimate of drug-likeness (QED) is 0.586. The lowest BCUT2D eigenvalue weighted by atomic mass is 10.1. The van der Waals surface area contributed by atoms with Crippen LogP contribution in [-0.4, -0.2) is 11.3 Å².